The molecule has 0 heterocycles. The van der Waals surface area contributed by atoms with Crippen molar-refractivity contribution < 1.29 is 56.5 Å². The van der Waals surface area contributed by atoms with Crippen LogP contribution in [0.1, 0.15) is 84.1 Å². The molecule has 0 saturated carbocycles. The average Bonchev–Trinajstić information content (AvgIpc) is 2.55. The Morgan fingerprint density at radius 3 is 1.27 bits per heavy atom. The SMILES string of the molecule is CC.Cc1ccc(C(C)(C)CC(C)(C)O)cc1.[CH2-]C(C)(C)c1ccc(C)cc1.[CH3-].[K+]. The fourth-order valence-electron chi connectivity index (χ4n) is 3.19. The summed E-state index contributed by atoms with van der Waals surface area (Å²) in [6.07, 6.45) is 0.767. The molecule has 0 saturated heterocycles. The summed E-state index contributed by atoms with van der Waals surface area (Å²) in [6, 6.07) is 17.1. The van der Waals surface area contributed by atoms with Crippen molar-refractivity contribution in [3.05, 3.63) is 85.1 Å². The van der Waals surface area contributed by atoms with E-state index in [4.69, 9.17) is 0 Å². The van der Waals surface area contributed by atoms with Gasteiger partial charge in [0.2, 0.25) is 0 Å². The molecule has 0 aromatic heterocycles. The van der Waals surface area contributed by atoms with E-state index in [-0.39, 0.29) is 69.6 Å². The van der Waals surface area contributed by atoms with Crippen LogP contribution in [-0.4, -0.2) is 10.7 Å². The summed E-state index contributed by atoms with van der Waals surface area (Å²) in [7, 11) is 0. The maximum atomic E-state index is 9.87. The molecule has 2 heteroatoms. The number of hydrogen-bond donors (Lipinski definition) is 1. The van der Waals surface area contributed by atoms with Gasteiger partial charge in [0.1, 0.15) is 0 Å². The maximum absolute atomic E-state index is 9.87. The van der Waals surface area contributed by atoms with Crippen molar-refractivity contribution in [2.45, 2.75) is 92.1 Å². The number of hydrogen-bond acceptors (Lipinski definition) is 1. The van der Waals surface area contributed by atoms with Crippen LogP contribution in [0.2, 0.25) is 0 Å². The third kappa shape index (κ3) is 14.2. The third-order valence-corrected chi connectivity index (χ3v) is 4.54. The summed E-state index contributed by atoms with van der Waals surface area (Å²) < 4.78 is 0. The molecular formula is C28H46KO-. The molecule has 0 fully saturated rings. The minimum absolute atomic E-state index is 0. The van der Waals surface area contributed by atoms with Crippen LogP contribution in [0.3, 0.4) is 0 Å². The second-order valence-corrected chi connectivity index (χ2v) is 9.49. The zero-order chi connectivity index (χ0) is 22.2. The van der Waals surface area contributed by atoms with E-state index in [1.807, 2.05) is 27.7 Å². The number of aliphatic hydroxyl groups is 1. The van der Waals surface area contributed by atoms with Gasteiger partial charge in [-0.15, -0.1) is 5.41 Å². The van der Waals surface area contributed by atoms with Crippen LogP contribution in [0.15, 0.2) is 48.5 Å². The molecule has 0 amide bonds. The van der Waals surface area contributed by atoms with Gasteiger partial charge in [0.25, 0.3) is 0 Å². The summed E-state index contributed by atoms with van der Waals surface area (Å²) in [6.45, 7) is 24.6. The topological polar surface area (TPSA) is 20.2 Å². The van der Waals surface area contributed by atoms with Crippen molar-refractivity contribution in [1.29, 1.82) is 0 Å². The minimum Gasteiger partial charge on any atom is -0.390 e. The number of benzene rings is 2. The van der Waals surface area contributed by atoms with E-state index in [2.05, 4.69) is 97.0 Å². The smallest absolute Gasteiger partial charge is 0.390 e. The summed E-state index contributed by atoms with van der Waals surface area (Å²) in [5.41, 5.74) is 4.60. The molecule has 1 N–H and O–H groups in total. The van der Waals surface area contributed by atoms with E-state index in [0.29, 0.717) is 0 Å². The van der Waals surface area contributed by atoms with Crippen molar-refractivity contribution in [2.24, 2.45) is 0 Å². The Labute approximate surface area is 231 Å². The van der Waals surface area contributed by atoms with Crippen molar-refractivity contribution in [3.8, 4) is 0 Å². The van der Waals surface area contributed by atoms with Gasteiger partial charge in [-0.05, 0) is 45.1 Å². The summed E-state index contributed by atoms with van der Waals surface area (Å²) in [4.78, 5) is 0. The normalized spacial score (nSPS) is 10.9. The standard InChI is InChI=1S/C14H22O.C11H15.C2H6.CH3.K/c1-11-6-8-12(9-7-11)13(2,3)10-14(4,5)15;1-9-5-7-10(8-6-9)11(2,3)4;1-2;;/h6-9,15H,10H2,1-5H3;5-8H,2H2,1,3-4H3;1-2H3;1H3;/q;-1;;-1;+1. The van der Waals surface area contributed by atoms with Gasteiger partial charge in [-0.1, -0.05) is 107 Å². The summed E-state index contributed by atoms with van der Waals surface area (Å²) in [5, 5.41) is 9.87. The first kappa shape index (κ1) is 34.6. The zero-order valence-electron chi connectivity index (χ0n) is 22.0. The summed E-state index contributed by atoms with van der Waals surface area (Å²) >= 11 is 0. The largest absolute Gasteiger partial charge is 1.00 e. The zero-order valence-corrected chi connectivity index (χ0v) is 25.1. The predicted molar refractivity (Wildman–Crippen MR) is 132 cm³/mol. The molecule has 0 unspecified atom stereocenters. The van der Waals surface area contributed by atoms with Gasteiger partial charge in [0, 0.05) is 0 Å². The molecule has 0 aliphatic heterocycles. The van der Waals surface area contributed by atoms with E-state index in [9.17, 15) is 5.11 Å². The molecule has 30 heavy (non-hydrogen) atoms. The molecule has 0 spiro atoms. The second-order valence-electron chi connectivity index (χ2n) is 9.49. The summed E-state index contributed by atoms with van der Waals surface area (Å²) in [5.74, 6) is 0. The molecule has 1 nitrogen and oxygen atoms in total. The Morgan fingerprint density at radius 1 is 0.700 bits per heavy atom. The first-order valence-electron chi connectivity index (χ1n) is 10.4. The van der Waals surface area contributed by atoms with Gasteiger partial charge in [-0.3, -0.25) is 0 Å². The molecule has 0 aliphatic rings. The molecule has 0 radical (unpaired) electrons. The molecule has 2 aromatic rings. The molecule has 2 rings (SSSR count). The molecule has 0 aliphatic carbocycles. The van der Waals surface area contributed by atoms with Gasteiger partial charge in [0.15, 0.2) is 0 Å². The Kier molecular flexibility index (Phi) is 17.3. The van der Waals surface area contributed by atoms with Crippen molar-refractivity contribution in [3.63, 3.8) is 0 Å². The van der Waals surface area contributed by atoms with Crippen LogP contribution < -0.4 is 51.4 Å². The van der Waals surface area contributed by atoms with Crippen molar-refractivity contribution in [2.75, 3.05) is 0 Å². The van der Waals surface area contributed by atoms with Gasteiger partial charge >= 0.3 is 51.4 Å². The van der Waals surface area contributed by atoms with Crippen LogP contribution in [0.25, 0.3) is 0 Å². The van der Waals surface area contributed by atoms with Crippen LogP contribution >= 0.6 is 0 Å². The van der Waals surface area contributed by atoms with E-state index in [1.165, 1.54) is 22.3 Å². The third-order valence-electron chi connectivity index (χ3n) is 4.54. The van der Waals surface area contributed by atoms with E-state index >= 15 is 0 Å². The molecular weight excluding hydrogens is 391 g/mol. The van der Waals surface area contributed by atoms with Gasteiger partial charge in [-0.2, -0.15) is 0 Å². The quantitative estimate of drug-likeness (QED) is 0.526. The van der Waals surface area contributed by atoms with E-state index < -0.39 is 5.60 Å². The predicted octanol–water partition coefficient (Wildman–Crippen LogP) is 5.02. The van der Waals surface area contributed by atoms with Gasteiger partial charge in [0.05, 0.1) is 5.60 Å². The van der Waals surface area contributed by atoms with Crippen LogP contribution in [0.4, 0.5) is 0 Å². The number of aryl methyl sites for hydroxylation is 2. The monoisotopic (exact) mass is 437 g/mol. The number of rotatable bonds is 4. The minimum atomic E-state index is -0.617. The first-order valence-corrected chi connectivity index (χ1v) is 10.4. The van der Waals surface area contributed by atoms with E-state index in [0.717, 1.165) is 6.42 Å². The molecule has 0 bridgehead atoms. The Morgan fingerprint density at radius 2 is 1.00 bits per heavy atom. The van der Waals surface area contributed by atoms with Crippen LogP contribution in [0.5, 0.6) is 0 Å². The first-order chi connectivity index (χ1) is 12.7. The molecule has 0 atom stereocenters. The Bertz CT molecular complexity index is 669. The van der Waals surface area contributed by atoms with E-state index in [1.54, 1.807) is 0 Å². The van der Waals surface area contributed by atoms with Crippen molar-refractivity contribution in [1.82, 2.24) is 0 Å². The maximum Gasteiger partial charge on any atom is 1.00 e. The van der Waals surface area contributed by atoms with Gasteiger partial charge < -0.3 is 19.5 Å². The Balaban J connectivity index is -0.000000436. The van der Waals surface area contributed by atoms with Gasteiger partial charge in [-0.25, -0.2) is 0 Å². The van der Waals surface area contributed by atoms with Crippen LogP contribution in [-0.2, 0) is 10.8 Å². The fraction of sp³-hybridized carbons (Fsp3) is 0.500. The van der Waals surface area contributed by atoms with Crippen LogP contribution in [0, 0.1) is 28.2 Å². The van der Waals surface area contributed by atoms with Crippen molar-refractivity contribution >= 4 is 0 Å². The second kappa shape index (κ2) is 15.0. The molecule has 166 valence electrons. The fourth-order valence-corrected chi connectivity index (χ4v) is 3.19. The molecule has 2 aromatic carbocycles. The average molecular weight is 438 g/mol. The Hall–Kier alpha value is 0.0364.